The minimum Gasteiger partial charge on any atom is -0.382 e. The van der Waals surface area contributed by atoms with Crippen molar-refractivity contribution in [3.63, 3.8) is 0 Å². The summed E-state index contributed by atoms with van der Waals surface area (Å²) in [7, 11) is 0. The Morgan fingerprint density at radius 2 is 2.13 bits per heavy atom. The Morgan fingerprint density at radius 3 is 2.47 bits per heavy atom. The zero-order valence-corrected chi connectivity index (χ0v) is 10.3. The molecule has 1 fully saturated rings. The van der Waals surface area contributed by atoms with Crippen LogP contribution in [0.1, 0.15) is 40.5 Å². The summed E-state index contributed by atoms with van der Waals surface area (Å²) in [6, 6.07) is 0. The molecular formula is C14H22O. The van der Waals surface area contributed by atoms with Crippen LogP contribution in [0.15, 0.2) is 24.3 Å². The number of fused-ring (bicyclic) bond motifs is 2. The Labute approximate surface area is 92.9 Å². The van der Waals surface area contributed by atoms with Gasteiger partial charge in [0.15, 0.2) is 0 Å². The molecule has 0 aromatic heterocycles. The third-order valence-electron chi connectivity index (χ3n) is 5.21. The van der Waals surface area contributed by atoms with Crippen LogP contribution in [0.25, 0.3) is 0 Å². The molecule has 3 atom stereocenters. The van der Waals surface area contributed by atoms with Crippen molar-refractivity contribution in [2.24, 2.45) is 16.7 Å². The Hall–Kier alpha value is -0.560. The molecule has 1 heteroatoms. The van der Waals surface area contributed by atoms with Gasteiger partial charge in [0.1, 0.15) is 5.60 Å². The van der Waals surface area contributed by atoms with Gasteiger partial charge in [-0.3, -0.25) is 0 Å². The van der Waals surface area contributed by atoms with E-state index in [-0.39, 0.29) is 10.8 Å². The molecule has 0 aromatic carbocycles. The summed E-state index contributed by atoms with van der Waals surface area (Å²) in [6.45, 7) is 12.6. The van der Waals surface area contributed by atoms with E-state index in [0.29, 0.717) is 5.92 Å². The maximum Gasteiger partial charge on any atom is 0.101 e. The normalized spacial score (nSPS) is 41.1. The number of hydrogen-bond acceptors (Lipinski definition) is 1. The highest BCUT2D eigenvalue weighted by Crippen LogP contribution is 2.66. The largest absolute Gasteiger partial charge is 0.382 e. The van der Waals surface area contributed by atoms with E-state index in [0.717, 1.165) is 0 Å². The van der Waals surface area contributed by atoms with Gasteiger partial charge in [-0.05, 0) is 42.1 Å². The monoisotopic (exact) mass is 206 g/mol. The smallest absolute Gasteiger partial charge is 0.101 e. The third kappa shape index (κ3) is 1.13. The average molecular weight is 206 g/mol. The Balaban J connectivity index is 2.48. The molecule has 1 N–H and O–H groups in total. The molecule has 0 radical (unpaired) electrons. The Kier molecular flexibility index (Phi) is 2.01. The molecule has 0 amide bonds. The van der Waals surface area contributed by atoms with E-state index in [1.807, 2.05) is 6.92 Å². The fourth-order valence-corrected chi connectivity index (χ4v) is 3.53. The van der Waals surface area contributed by atoms with Gasteiger partial charge in [0, 0.05) is 0 Å². The fourth-order valence-electron chi connectivity index (χ4n) is 3.53. The van der Waals surface area contributed by atoms with Gasteiger partial charge in [0.2, 0.25) is 0 Å². The predicted molar refractivity (Wildman–Crippen MR) is 63.5 cm³/mol. The molecule has 2 aliphatic rings. The maximum absolute atomic E-state index is 10.4. The molecule has 0 saturated heterocycles. The van der Waals surface area contributed by atoms with Gasteiger partial charge in [-0.2, -0.15) is 0 Å². The summed E-state index contributed by atoms with van der Waals surface area (Å²) in [5.74, 6) is 0.629. The molecule has 1 unspecified atom stereocenters. The molecule has 0 aliphatic heterocycles. The number of rotatable bonds is 2. The Morgan fingerprint density at radius 1 is 1.53 bits per heavy atom. The molecule has 0 aromatic rings. The highest BCUT2D eigenvalue weighted by molar-refractivity contribution is 5.39. The van der Waals surface area contributed by atoms with Gasteiger partial charge >= 0.3 is 0 Å². The Bertz CT molecular complexity index is 335. The first-order valence-corrected chi connectivity index (χ1v) is 5.84. The van der Waals surface area contributed by atoms with Gasteiger partial charge in [-0.25, -0.2) is 0 Å². The lowest BCUT2D eigenvalue weighted by molar-refractivity contribution is 0.0883. The van der Waals surface area contributed by atoms with Crippen LogP contribution in [-0.4, -0.2) is 10.7 Å². The minimum absolute atomic E-state index is 0.148. The fraction of sp³-hybridized carbons (Fsp3) is 0.714. The lowest BCUT2D eigenvalue weighted by Crippen LogP contribution is -2.38. The van der Waals surface area contributed by atoms with E-state index >= 15 is 0 Å². The van der Waals surface area contributed by atoms with Crippen molar-refractivity contribution in [3.05, 3.63) is 24.3 Å². The van der Waals surface area contributed by atoms with Gasteiger partial charge in [-0.1, -0.05) is 39.5 Å². The topological polar surface area (TPSA) is 20.2 Å². The number of hydrogen-bond donors (Lipinski definition) is 1. The van der Waals surface area contributed by atoms with Crippen molar-refractivity contribution in [1.29, 1.82) is 0 Å². The first-order chi connectivity index (χ1) is 6.75. The van der Waals surface area contributed by atoms with Gasteiger partial charge in [0.05, 0.1) is 0 Å². The molecule has 1 nitrogen and oxygen atoms in total. The zero-order chi connectivity index (χ0) is 11.5. The zero-order valence-electron chi connectivity index (χ0n) is 10.3. The average Bonchev–Trinajstić information content (AvgIpc) is 2.49. The molecule has 1 saturated carbocycles. The van der Waals surface area contributed by atoms with E-state index in [2.05, 4.69) is 33.4 Å². The van der Waals surface area contributed by atoms with E-state index in [4.69, 9.17) is 0 Å². The maximum atomic E-state index is 10.4. The predicted octanol–water partition coefficient (Wildman–Crippen LogP) is 3.31. The van der Waals surface area contributed by atoms with Crippen molar-refractivity contribution < 1.29 is 5.11 Å². The van der Waals surface area contributed by atoms with Crippen LogP contribution < -0.4 is 0 Å². The molecule has 15 heavy (non-hydrogen) atoms. The first-order valence-electron chi connectivity index (χ1n) is 5.84. The second-order valence-corrected chi connectivity index (χ2v) is 6.13. The van der Waals surface area contributed by atoms with E-state index < -0.39 is 5.60 Å². The second kappa shape index (κ2) is 2.76. The van der Waals surface area contributed by atoms with Crippen LogP contribution in [0.2, 0.25) is 0 Å². The van der Waals surface area contributed by atoms with Crippen molar-refractivity contribution in [1.82, 2.24) is 0 Å². The molecular weight excluding hydrogens is 184 g/mol. The second-order valence-electron chi connectivity index (χ2n) is 6.13. The minimum atomic E-state index is -0.832. The van der Waals surface area contributed by atoms with E-state index in [9.17, 15) is 5.11 Å². The van der Waals surface area contributed by atoms with Crippen LogP contribution in [0.3, 0.4) is 0 Å². The molecule has 0 spiro atoms. The number of aliphatic hydroxyl groups is 1. The molecule has 0 heterocycles. The molecule has 2 aliphatic carbocycles. The van der Waals surface area contributed by atoms with Crippen molar-refractivity contribution in [3.8, 4) is 0 Å². The third-order valence-corrected chi connectivity index (χ3v) is 5.21. The molecule has 84 valence electrons. The standard InChI is InChI=1S/C14H22O/c1-6-14(5,15)11-9-10-7-8-13(11,4)12(10,2)3/h6,9-10,15H,1,7-8H2,2-5H3/t10-,13+,14?/m1/s1. The van der Waals surface area contributed by atoms with Crippen molar-refractivity contribution in [2.75, 3.05) is 0 Å². The van der Waals surface area contributed by atoms with Crippen molar-refractivity contribution >= 4 is 0 Å². The molecule has 2 bridgehead atoms. The molecule has 2 rings (SSSR count). The van der Waals surface area contributed by atoms with Gasteiger partial charge in [-0.15, -0.1) is 0 Å². The lowest BCUT2D eigenvalue weighted by Gasteiger charge is -2.41. The summed E-state index contributed by atoms with van der Waals surface area (Å²) in [6.07, 6.45) is 6.42. The van der Waals surface area contributed by atoms with Gasteiger partial charge < -0.3 is 5.11 Å². The SMILES string of the molecule is C=CC(C)(O)C1=C[C@H]2CC[C@]1(C)C2(C)C. The van der Waals surface area contributed by atoms with Gasteiger partial charge in [0.25, 0.3) is 0 Å². The summed E-state index contributed by atoms with van der Waals surface area (Å²) in [5.41, 5.74) is 0.789. The number of allylic oxidation sites excluding steroid dienone is 1. The highest BCUT2D eigenvalue weighted by Gasteiger charge is 2.59. The summed E-state index contributed by atoms with van der Waals surface area (Å²) in [5, 5.41) is 10.4. The van der Waals surface area contributed by atoms with Crippen molar-refractivity contribution in [2.45, 2.75) is 46.1 Å². The van der Waals surface area contributed by atoms with Crippen LogP contribution in [0.4, 0.5) is 0 Å². The quantitative estimate of drug-likeness (QED) is 0.687. The van der Waals surface area contributed by atoms with Crippen LogP contribution in [0.5, 0.6) is 0 Å². The van der Waals surface area contributed by atoms with Crippen LogP contribution in [-0.2, 0) is 0 Å². The summed E-state index contributed by atoms with van der Waals surface area (Å²) >= 11 is 0. The summed E-state index contributed by atoms with van der Waals surface area (Å²) < 4.78 is 0. The highest BCUT2D eigenvalue weighted by atomic mass is 16.3. The van der Waals surface area contributed by atoms with Crippen LogP contribution >= 0.6 is 0 Å². The van der Waals surface area contributed by atoms with E-state index in [1.54, 1.807) is 6.08 Å². The summed E-state index contributed by atoms with van der Waals surface area (Å²) in [4.78, 5) is 0. The van der Waals surface area contributed by atoms with Crippen LogP contribution in [0, 0.1) is 16.7 Å². The first kappa shape index (κ1) is 10.9. The lowest BCUT2D eigenvalue weighted by atomic mass is 9.64. The van der Waals surface area contributed by atoms with E-state index in [1.165, 1.54) is 18.4 Å².